The number of unbranched alkanes of at least 4 members (excludes halogenated alkanes) is 1. The summed E-state index contributed by atoms with van der Waals surface area (Å²) in [5, 5.41) is 0. The second kappa shape index (κ2) is 6.57. The first-order chi connectivity index (χ1) is 7.69. The Hall–Kier alpha value is -0.980. The molecule has 2 N–H and O–H groups in total. The molecule has 0 aromatic heterocycles. The molecule has 0 heterocycles. The molecule has 0 unspecified atom stereocenters. The lowest BCUT2D eigenvalue weighted by Crippen LogP contribution is -2.11. The highest BCUT2D eigenvalue weighted by molar-refractivity contribution is 5.50. The fourth-order valence-corrected chi connectivity index (χ4v) is 1.77. The number of hydrogen-bond acceptors (Lipinski definition) is 1. The molecule has 0 bridgehead atoms. The highest BCUT2D eigenvalue weighted by Crippen LogP contribution is 2.39. The van der Waals surface area contributed by atoms with Crippen LogP contribution in [0.2, 0.25) is 0 Å². The van der Waals surface area contributed by atoms with E-state index in [9.17, 15) is 0 Å². The monoisotopic (exact) mass is 219 g/mol. The predicted octanol–water partition coefficient (Wildman–Crippen LogP) is 4.65. The van der Waals surface area contributed by atoms with Crippen molar-refractivity contribution in [3.8, 4) is 0 Å². The van der Waals surface area contributed by atoms with Crippen molar-refractivity contribution in [3.63, 3.8) is 0 Å². The van der Waals surface area contributed by atoms with Gasteiger partial charge in [0.2, 0.25) is 0 Å². The molecule has 1 aromatic carbocycles. The fraction of sp³-hybridized carbons (Fsp3) is 0.600. The molecular weight excluding hydrogens is 194 g/mol. The Balaban J connectivity index is 0.000000280. The van der Waals surface area contributed by atoms with Crippen LogP contribution < -0.4 is 5.73 Å². The molecule has 0 amide bonds. The van der Waals surface area contributed by atoms with Crippen molar-refractivity contribution in [2.24, 2.45) is 0 Å². The highest BCUT2D eigenvalue weighted by atomic mass is 14.6. The smallest absolute Gasteiger partial charge is 0.0349 e. The molecule has 90 valence electrons. The van der Waals surface area contributed by atoms with Crippen LogP contribution in [0.4, 0.5) is 5.69 Å². The summed E-state index contributed by atoms with van der Waals surface area (Å²) in [6.45, 7) is 6.49. The van der Waals surface area contributed by atoms with Crippen LogP contribution in [0.25, 0.3) is 0 Å². The number of rotatable bonds is 2. The number of benzene rings is 1. The van der Waals surface area contributed by atoms with E-state index in [1.807, 2.05) is 6.07 Å². The van der Waals surface area contributed by atoms with Gasteiger partial charge in [-0.05, 0) is 37.3 Å². The second-order valence-corrected chi connectivity index (χ2v) is 4.76. The van der Waals surface area contributed by atoms with Gasteiger partial charge in [0.15, 0.2) is 0 Å². The summed E-state index contributed by atoms with van der Waals surface area (Å²) >= 11 is 0. The van der Waals surface area contributed by atoms with Crippen molar-refractivity contribution in [1.29, 1.82) is 0 Å². The third-order valence-corrected chi connectivity index (χ3v) is 3.29. The van der Waals surface area contributed by atoms with Crippen LogP contribution in [0.1, 0.15) is 63.0 Å². The zero-order valence-corrected chi connectivity index (χ0v) is 10.9. The lowest BCUT2D eigenvalue weighted by molar-refractivity contribution is 0.420. The van der Waals surface area contributed by atoms with Gasteiger partial charge in [0.1, 0.15) is 0 Å². The number of anilines is 1. The SMILES string of the molecule is CCCC.Cc1ccc(N)c(C2CCC2)c1. The standard InChI is InChI=1S/C11H15N.C4H10/c1-8-5-6-11(12)10(7-8)9-3-2-4-9;1-3-4-2/h5-7,9H,2-4,12H2,1H3;3-4H2,1-2H3. The Morgan fingerprint density at radius 3 is 2.25 bits per heavy atom. The lowest BCUT2D eigenvalue weighted by atomic mass is 9.79. The zero-order valence-electron chi connectivity index (χ0n) is 10.9. The van der Waals surface area contributed by atoms with Crippen molar-refractivity contribution in [2.45, 2.75) is 58.8 Å². The quantitative estimate of drug-likeness (QED) is 0.720. The Kier molecular flexibility index (Phi) is 5.37. The Morgan fingerprint density at radius 1 is 1.19 bits per heavy atom. The maximum absolute atomic E-state index is 5.90. The van der Waals surface area contributed by atoms with E-state index in [2.05, 4.69) is 32.9 Å². The van der Waals surface area contributed by atoms with E-state index in [4.69, 9.17) is 5.73 Å². The van der Waals surface area contributed by atoms with Gasteiger partial charge in [-0.25, -0.2) is 0 Å². The molecule has 0 radical (unpaired) electrons. The van der Waals surface area contributed by atoms with Crippen LogP contribution in [-0.2, 0) is 0 Å². The largest absolute Gasteiger partial charge is 0.398 e. The van der Waals surface area contributed by atoms with Gasteiger partial charge in [-0.15, -0.1) is 0 Å². The maximum Gasteiger partial charge on any atom is 0.0349 e. The first kappa shape index (κ1) is 13.1. The van der Waals surface area contributed by atoms with Gasteiger partial charge in [0.05, 0.1) is 0 Å². The summed E-state index contributed by atoms with van der Waals surface area (Å²) in [7, 11) is 0. The Labute approximate surface area is 100 Å². The van der Waals surface area contributed by atoms with Gasteiger partial charge in [0.25, 0.3) is 0 Å². The molecule has 0 spiro atoms. The van der Waals surface area contributed by atoms with Gasteiger partial charge < -0.3 is 5.73 Å². The first-order valence-electron chi connectivity index (χ1n) is 6.55. The van der Waals surface area contributed by atoms with E-state index < -0.39 is 0 Å². The molecule has 1 aromatic rings. The van der Waals surface area contributed by atoms with Crippen molar-refractivity contribution in [2.75, 3.05) is 5.73 Å². The molecule has 1 saturated carbocycles. The van der Waals surface area contributed by atoms with Crippen LogP contribution in [0.15, 0.2) is 18.2 Å². The Morgan fingerprint density at radius 2 is 1.81 bits per heavy atom. The summed E-state index contributed by atoms with van der Waals surface area (Å²) in [6, 6.07) is 6.35. The van der Waals surface area contributed by atoms with Gasteiger partial charge in [-0.1, -0.05) is 50.8 Å². The summed E-state index contributed by atoms with van der Waals surface area (Å²) in [6.07, 6.45) is 6.67. The topological polar surface area (TPSA) is 26.0 Å². The maximum atomic E-state index is 5.90. The molecule has 1 nitrogen and oxygen atoms in total. The van der Waals surface area contributed by atoms with Gasteiger partial charge in [-0.3, -0.25) is 0 Å². The molecule has 1 aliphatic rings. The molecular formula is C15H25N. The predicted molar refractivity (Wildman–Crippen MR) is 72.8 cm³/mol. The van der Waals surface area contributed by atoms with Crippen LogP contribution in [-0.4, -0.2) is 0 Å². The summed E-state index contributed by atoms with van der Waals surface area (Å²) < 4.78 is 0. The van der Waals surface area contributed by atoms with Crippen LogP contribution in [0.3, 0.4) is 0 Å². The third-order valence-electron chi connectivity index (χ3n) is 3.29. The van der Waals surface area contributed by atoms with Crippen molar-refractivity contribution < 1.29 is 0 Å². The Bertz CT molecular complexity index is 311. The van der Waals surface area contributed by atoms with Crippen molar-refractivity contribution >= 4 is 5.69 Å². The average Bonchev–Trinajstić information content (AvgIpc) is 2.21. The molecule has 0 atom stereocenters. The van der Waals surface area contributed by atoms with Crippen molar-refractivity contribution in [3.05, 3.63) is 29.3 Å². The van der Waals surface area contributed by atoms with Crippen LogP contribution >= 0.6 is 0 Å². The lowest BCUT2D eigenvalue weighted by Gasteiger charge is -2.27. The summed E-state index contributed by atoms with van der Waals surface area (Å²) in [4.78, 5) is 0. The molecule has 0 aliphatic heterocycles. The van der Waals surface area contributed by atoms with E-state index in [-0.39, 0.29) is 0 Å². The molecule has 1 aliphatic carbocycles. The molecule has 1 fully saturated rings. The summed E-state index contributed by atoms with van der Waals surface area (Å²) in [5.74, 6) is 0.755. The van der Waals surface area contributed by atoms with Gasteiger partial charge in [-0.2, -0.15) is 0 Å². The molecule has 2 rings (SSSR count). The number of nitrogen functional groups attached to an aromatic ring is 1. The number of nitrogens with two attached hydrogens (primary N) is 1. The first-order valence-corrected chi connectivity index (χ1v) is 6.55. The third kappa shape index (κ3) is 3.55. The highest BCUT2D eigenvalue weighted by Gasteiger charge is 2.21. The van der Waals surface area contributed by atoms with E-state index in [1.165, 1.54) is 43.2 Å². The van der Waals surface area contributed by atoms with E-state index in [0.717, 1.165) is 11.6 Å². The summed E-state index contributed by atoms with van der Waals surface area (Å²) in [5.41, 5.74) is 9.58. The van der Waals surface area contributed by atoms with Crippen LogP contribution in [0.5, 0.6) is 0 Å². The van der Waals surface area contributed by atoms with Gasteiger partial charge in [0, 0.05) is 5.69 Å². The molecule has 1 heteroatoms. The number of aryl methyl sites for hydroxylation is 1. The van der Waals surface area contributed by atoms with E-state index >= 15 is 0 Å². The fourth-order valence-electron chi connectivity index (χ4n) is 1.77. The average molecular weight is 219 g/mol. The zero-order chi connectivity index (χ0) is 12.0. The molecule has 16 heavy (non-hydrogen) atoms. The minimum absolute atomic E-state index is 0.755. The second-order valence-electron chi connectivity index (χ2n) is 4.76. The normalized spacial score (nSPS) is 14.9. The van der Waals surface area contributed by atoms with E-state index in [1.54, 1.807) is 0 Å². The van der Waals surface area contributed by atoms with Crippen LogP contribution in [0, 0.1) is 6.92 Å². The van der Waals surface area contributed by atoms with Crippen molar-refractivity contribution in [1.82, 2.24) is 0 Å². The van der Waals surface area contributed by atoms with Gasteiger partial charge >= 0.3 is 0 Å². The van der Waals surface area contributed by atoms with E-state index in [0.29, 0.717) is 0 Å². The minimum Gasteiger partial charge on any atom is -0.398 e. The minimum atomic E-state index is 0.755. The molecule has 0 saturated heterocycles. The number of hydrogen-bond donors (Lipinski definition) is 1.